The fraction of sp³-hybridized carbons (Fsp3) is 0.158. The molecule has 0 aliphatic heterocycles. The van der Waals surface area contributed by atoms with Crippen LogP contribution < -0.4 is 4.74 Å². The molecule has 0 amide bonds. The molecule has 1 heterocycles. The van der Waals surface area contributed by atoms with E-state index in [9.17, 15) is 9.90 Å². The van der Waals surface area contributed by atoms with E-state index in [0.717, 1.165) is 11.1 Å². The number of methoxy groups -OCH3 is 1. The zero-order chi connectivity index (χ0) is 17.4. The smallest absolute Gasteiger partial charge is 0.336 e. The zero-order valence-electron chi connectivity index (χ0n) is 13.6. The van der Waals surface area contributed by atoms with Crippen LogP contribution in [-0.4, -0.2) is 23.2 Å². The van der Waals surface area contributed by atoms with Crippen molar-refractivity contribution in [2.75, 3.05) is 7.11 Å². The fourth-order valence-electron chi connectivity index (χ4n) is 2.94. The van der Waals surface area contributed by atoms with Gasteiger partial charge >= 0.3 is 5.97 Å². The molecule has 0 unspecified atom stereocenters. The van der Waals surface area contributed by atoms with Crippen LogP contribution in [-0.2, 0) is 0 Å². The number of benzene rings is 2. The van der Waals surface area contributed by atoms with Crippen LogP contribution in [0.2, 0.25) is 5.02 Å². The van der Waals surface area contributed by atoms with Crippen LogP contribution in [0.1, 0.15) is 21.5 Å². The average molecular weight is 342 g/mol. The molecular weight excluding hydrogens is 326 g/mol. The van der Waals surface area contributed by atoms with Gasteiger partial charge in [0.05, 0.1) is 23.9 Å². The van der Waals surface area contributed by atoms with Gasteiger partial charge in [0.15, 0.2) is 0 Å². The maximum atomic E-state index is 11.8. The van der Waals surface area contributed by atoms with Gasteiger partial charge in [-0.25, -0.2) is 9.78 Å². The number of ether oxygens (including phenoxy) is 1. The number of carbonyl (C=O) groups is 1. The van der Waals surface area contributed by atoms with Gasteiger partial charge < -0.3 is 9.84 Å². The third kappa shape index (κ3) is 2.81. The molecule has 24 heavy (non-hydrogen) atoms. The summed E-state index contributed by atoms with van der Waals surface area (Å²) in [4.78, 5) is 16.4. The number of hydrogen-bond donors (Lipinski definition) is 1. The third-order valence-corrected chi connectivity index (χ3v) is 4.15. The minimum atomic E-state index is -0.989. The molecule has 0 saturated carbocycles. The van der Waals surface area contributed by atoms with Gasteiger partial charge in [-0.05, 0) is 55.3 Å². The van der Waals surface area contributed by atoms with E-state index in [4.69, 9.17) is 16.3 Å². The molecule has 3 aromatic rings. The number of carboxylic acid groups (broad SMARTS) is 1. The Morgan fingerprint density at radius 1 is 1.17 bits per heavy atom. The van der Waals surface area contributed by atoms with Gasteiger partial charge in [0, 0.05) is 16.0 Å². The standard InChI is InChI=1S/C19H16ClNO3/c1-10-6-11(2)18-14(19(22)23)9-15(21-16(18)7-10)13-8-12(20)4-5-17(13)24-3/h4-9H,1-3H3,(H,22,23). The molecule has 1 aromatic heterocycles. The second-order valence-electron chi connectivity index (χ2n) is 5.68. The summed E-state index contributed by atoms with van der Waals surface area (Å²) < 4.78 is 5.37. The lowest BCUT2D eigenvalue weighted by Gasteiger charge is -2.13. The molecule has 0 radical (unpaired) electrons. The number of fused-ring (bicyclic) bond motifs is 1. The Bertz CT molecular complexity index is 966. The van der Waals surface area contributed by atoms with Crippen LogP contribution in [0.25, 0.3) is 22.2 Å². The van der Waals surface area contributed by atoms with E-state index in [1.807, 2.05) is 26.0 Å². The first kappa shape index (κ1) is 16.3. The molecule has 4 nitrogen and oxygen atoms in total. The van der Waals surface area contributed by atoms with Crippen molar-refractivity contribution in [1.29, 1.82) is 0 Å². The Morgan fingerprint density at radius 3 is 2.58 bits per heavy atom. The summed E-state index contributed by atoms with van der Waals surface area (Å²) in [5.41, 5.74) is 3.95. The number of halogens is 1. The van der Waals surface area contributed by atoms with Crippen molar-refractivity contribution in [3.63, 3.8) is 0 Å². The Balaban J connectivity index is 2.39. The highest BCUT2D eigenvalue weighted by Crippen LogP contribution is 2.34. The van der Waals surface area contributed by atoms with E-state index in [1.165, 1.54) is 0 Å². The first-order valence-electron chi connectivity index (χ1n) is 7.40. The van der Waals surface area contributed by atoms with E-state index in [1.54, 1.807) is 31.4 Å². The van der Waals surface area contributed by atoms with E-state index < -0.39 is 5.97 Å². The van der Waals surface area contributed by atoms with Crippen LogP contribution in [0.15, 0.2) is 36.4 Å². The SMILES string of the molecule is COc1ccc(Cl)cc1-c1cc(C(=O)O)c2c(C)cc(C)cc2n1. The molecular formula is C19H16ClNO3. The molecule has 3 rings (SSSR count). The van der Waals surface area contributed by atoms with Gasteiger partial charge in [0.1, 0.15) is 5.75 Å². The van der Waals surface area contributed by atoms with E-state index >= 15 is 0 Å². The van der Waals surface area contributed by atoms with Gasteiger partial charge in [0.2, 0.25) is 0 Å². The molecule has 0 saturated heterocycles. The first-order chi connectivity index (χ1) is 11.4. The highest BCUT2D eigenvalue weighted by Gasteiger charge is 2.17. The molecule has 0 spiro atoms. The summed E-state index contributed by atoms with van der Waals surface area (Å²) in [5.74, 6) is -0.399. The maximum absolute atomic E-state index is 11.8. The van der Waals surface area contributed by atoms with Crippen molar-refractivity contribution in [1.82, 2.24) is 4.98 Å². The van der Waals surface area contributed by atoms with E-state index in [0.29, 0.717) is 32.9 Å². The fourth-order valence-corrected chi connectivity index (χ4v) is 3.11. The van der Waals surface area contributed by atoms with Crippen molar-refractivity contribution in [3.05, 3.63) is 58.1 Å². The molecule has 0 aliphatic carbocycles. The van der Waals surface area contributed by atoms with Crippen LogP contribution in [0.5, 0.6) is 5.75 Å². The number of aromatic carboxylic acids is 1. The normalized spacial score (nSPS) is 10.8. The summed E-state index contributed by atoms with van der Waals surface area (Å²) in [7, 11) is 1.56. The van der Waals surface area contributed by atoms with Crippen LogP contribution in [0, 0.1) is 13.8 Å². The van der Waals surface area contributed by atoms with Crippen molar-refractivity contribution in [2.45, 2.75) is 13.8 Å². The quantitative estimate of drug-likeness (QED) is 0.737. The number of nitrogens with zero attached hydrogens (tertiary/aromatic N) is 1. The largest absolute Gasteiger partial charge is 0.496 e. The number of rotatable bonds is 3. The van der Waals surface area contributed by atoms with Crippen molar-refractivity contribution in [3.8, 4) is 17.0 Å². The second-order valence-corrected chi connectivity index (χ2v) is 6.12. The predicted octanol–water partition coefficient (Wildman–Crippen LogP) is 4.88. The summed E-state index contributed by atoms with van der Waals surface area (Å²) in [6.45, 7) is 3.85. The minimum Gasteiger partial charge on any atom is -0.496 e. The van der Waals surface area contributed by atoms with E-state index in [-0.39, 0.29) is 5.56 Å². The zero-order valence-corrected chi connectivity index (χ0v) is 14.3. The average Bonchev–Trinajstić information content (AvgIpc) is 2.53. The van der Waals surface area contributed by atoms with Gasteiger partial charge in [-0.2, -0.15) is 0 Å². The summed E-state index contributed by atoms with van der Waals surface area (Å²) in [6, 6.07) is 10.6. The number of hydrogen-bond acceptors (Lipinski definition) is 3. The number of pyridine rings is 1. The molecule has 0 aliphatic rings. The lowest BCUT2D eigenvalue weighted by Crippen LogP contribution is -2.02. The Kier molecular flexibility index (Phi) is 4.16. The molecule has 0 atom stereocenters. The highest BCUT2D eigenvalue weighted by molar-refractivity contribution is 6.31. The first-order valence-corrected chi connectivity index (χ1v) is 7.77. The van der Waals surface area contributed by atoms with Crippen molar-refractivity contribution >= 4 is 28.5 Å². The molecule has 2 aromatic carbocycles. The van der Waals surface area contributed by atoms with Gasteiger partial charge in [-0.3, -0.25) is 0 Å². The Labute approximate surface area is 144 Å². The lowest BCUT2D eigenvalue weighted by molar-refractivity contribution is 0.0699. The Hall–Kier alpha value is -2.59. The van der Waals surface area contributed by atoms with Crippen LogP contribution in [0.3, 0.4) is 0 Å². The number of aromatic nitrogens is 1. The summed E-state index contributed by atoms with van der Waals surface area (Å²) >= 11 is 6.10. The van der Waals surface area contributed by atoms with Gasteiger partial charge in [0.25, 0.3) is 0 Å². The predicted molar refractivity (Wildman–Crippen MR) is 95.2 cm³/mol. The summed E-state index contributed by atoms with van der Waals surface area (Å²) in [6.07, 6.45) is 0. The molecule has 0 fully saturated rings. The van der Waals surface area contributed by atoms with Crippen LogP contribution >= 0.6 is 11.6 Å². The molecule has 0 bridgehead atoms. The lowest BCUT2D eigenvalue weighted by atomic mass is 9.98. The molecule has 122 valence electrons. The second kappa shape index (κ2) is 6.13. The van der Waals surface area contributed by atoms with Crippen molar-refractivity contribution in [2.24, 2.45) is 0 Å². The van der Waals surface area contributed by atoms with Crippen LogP contribution in [0.4, 0.5) is 0 Å². The highest BCUT2D eigenvalue weighted by atomic mass is 35.5. The summed E-state index contributed by atoms with van der Waals surface area (Å²) in [5, 5.41) is 10.8. The van der Waals surface area contributed by atoms with Gasteiger partial charge in [-0.1, -0.05) is 17.7 Å². The third-order valence-electron chi connectivity index (χ3n) is 3.92. The number of aryl methyl sites for hydroxylation is 2. The molecule has 5 heteroatoms. The Morgan fingerprint density at radius 2 is 1.92 bits per heavy atom. The van der Waals surface area contributed by atoms with Gasteiger partial charge in [-0.15, -0.1) is 0 Å². The minimum absolute atomic E-state index is 0.217. The van der Waals surface area contributed by atoms with Crippen molar-refractivity contribution < 1.29 is 14.6 Å². The number of carboxylic acids is 1. The molecule has 1 N–H and O–H groups in total. The van der Waals surface area contributed by atoms with E-state index in [2.05, 4.69) is 4.98 Å². The topological polar surface area (TPSA) is 59.4 Å². The monoisotopic (exact) mass is 341 g/mol. The maximum Gasteiger partial charge on any atom is 0.336 e.